The highest BCUT2D eigenvalue weighted by Crippen LogP contribution is 2.29. The average molecular weight is 185 g/mol. The van der Waals surface area contributed by atoms with Crippen molar-refractivity contribution in [3.63, 3.8) is 0 Å². The van der Waals surface area contributed by atoms with Crippen molar-refractivity contribution in [2.75, 3.05) is 11.9 Å². The molecule has 0 bridgehead atoms. The van der Waals surface area contributed by atoms with Crippen LogP contribution < -0.4 is 4.90 Å². The standard InChI is InChI=1S/C11H11N3/c1-8-11(14(2)7-12)9-5-3-4-6-10(9)13-8/h3-6,13H,1-2H3. The van der Waals surface area contributed by atoms with Gasteiger partial charge in [0.1, 0.15) is 0 Å². The molecule has 3 heteroatoms. The summed E-state index contributed by atoms with van der Waals surface area (Å²) in [7, 11) is 1.77. The van der Waals surface area contributed by atoms with Gasteiger partial charge in [-0.05, 0) is 13.0 Å². The van der Waals surface area contributed by atoms with Gasteiger partial charge in [-0.15, -0.1) is 0 Å². The Morgan fingerprint density at radius 2 is 2.07 bits per heavy atom. The molecule has 0 saturated heterocycles. The fourth-order valence-electron chi connectivity index (χ4n) is 1.74. The molecule has 1 aromatic heterocycles. The van der Waals surface area contributed by atoms with E-state index in [9.17, 15) is 0 Å². The molecule has 70 valence electrons. The summed E-state index contributed by atoms with van der Waals surface area (Å²) in [4.78, 5) is 4.83. The van der Waals surface area contributed by atoms with Gasteiger partial charge in [0.15, 0.2) is 6.19 Å². The summed E-state index contributed by atoms with van der Waals surface area (Å²) in [6.07, 6.45) is 2.11. The molecule has 1 heterocycles. The molecular formula is C11H11N3. The Balaban J connectivity index is 2.75. The van der Waals surface area contributed by atoms with E-state index >= 15 is 0 Å². The minimum absolute atomic E-state index is 0.961. The third kappa shape index (κ3) is 1.12. The van der Waals surface area contributed by atoms with Crippen molar-refractivity contribution in [1.82, 2.24) is 4.98 Å². The van der Waals surface area contributed by atoms with Crippen LogP contribution in [-0.2, 0) is 0 Å². The van der Waals surface area contributed by atoms with Crippen LogP contribution in [0.25, 0.3) is 10.9 Å². The van der Waals surface area contributed by atoms with E-state index < -0.39 is 0 Å². The Kier molecular flexibility index (Phi) is 1.90. The van der Waals surface area contributed by atoms with E-state index in [1.807, 2.05) is 31.2 Å². The summed E-state index contributed by atoms with van der Waals surface area (Å²) in [6, 6.07) is 7.98. The van der Waals surface area contributed by atoms with Crippen LogP contribution >= 0.6 is 0 Å². The third-order valence-corrected chi connectivity index (χ3v) is 2.34. The van der Waals surface area contributed by atoms with Gasteiger partial charge in [-0.1, -0.05) is 18.2 Å². The van der Waals surface area contributed by atoms with Crippen LogP contribution in [0.5, 0.6) is 0 Å². The van der Waals surface area contributed by atoms with E-state index in [1.54, 1.807) is 11.9 Å². The first-order valence-electron chi connectivity index (χ1n) is 4.45. The predicted molar refractivity (Wildman–Crippen MR) is 57.1 cm³/mol. The molecule has 0 aliphatic heterocycles. The summed E-state index contributed by atoms with van der Waals surface area (Å²) in [6.45, 7) is 1.98. The first-order valence-corrected chi connectivity index (χ1v) is 4.45. The van der Waals surface area contributed by atoms with Crippen LogP contribution in [0.15, 0.2) is 24.3 Å². The fourth-order valence-corrected chi connectivity index (χ4v) is 1.74. The summed E-state index contributed by atoms with van der Waals surface area (Å²) >= 11 is 0. The Hall–Kier alpha value is -1.95. The molecule has 1 N–H and O–H groups in total. The highest BCUT2D eigenvalue weighted by atomic mass is 15.1. The molecule has 0 aliphatic rings. The monoisotopic (exact) mass is 185 g/mol. The summed E-state index contributed by atoms with van der Waals surface area (Å²) in [5.41, 5.74) is 3.06. The molecule has 3 nitrogen and oxygen atoms in total. The number of para-hydroxylation sites is 1. The van der Waals surface area contributed by atoms with E-state index in [1.165, 1.54) is 0 Å². The number of nitrogens with one attached hydrogen (secondary N) is 1. The maximum absolute atomic E-state index is 8.85. The van der Waals surface area contributed by atoms with Crippen molar-refractivity contribution < 1.29 is 0 Å². The summed E-state index contributed by atoms with van der Waals surface area (Å²) in [5.74, 6) is 0. The van der Waals surface area contributed by atoms with Gasteiger partial charge in [-0.2, -0.15) is 5.26 Å². The number of H-pyrrole nitrogens is 1. The third-order valence-electron chi connectivity index (χ3n) is 2.34. The van der Waals surface area contributed by atoms with Gasteiger partial charge in [-0.25, -0.2) is 0 Å². The molecule has 0 spiro atoms. The van der Waals surface area contributed by atoms with Crippen molar-refractivity contribution in [2.24, 2.45) is 0 Å². The number of rotatable bonds is 1. The van der Waals surface area contributed by atoms with E-state index in [-0.39, 0.29) is 0 Å². The highest BCUT2D eigenvalue weighted by Gasteiger charge is 2.10. The van der Waals surface area contributed by atoms with Gasteiger partial charge in [-0.3, -0.25) is 4.90 Å². The largest absolute Gasteiger partial charge is 0.357 e. The topological polar surface area (TPSA) is 42.8 Å². The van der Waals surface area contributed by atoms with Gasteiger partial charge >= 0.3 is 0 Å². The molecular weight excluding hydrogens is 174 g/mol. The van der Waals surface area contributed by atoms with Crippen LogP contribution in [0, 0.1) is 18.4 Å². The van der Waals surface area contributed by atoms with Gasteiger partial charge in [0.25, 0.3) is 0 Å². The number of aryl methyl sites for hydroxylation is 1. The van der Waals surface area contributed by atoms with E-state index in [2.05, 4.69) is 11.2 Å². The zero-order valence-electron chi connectivity index (χ0n) is 8.20. The van der Waals surface area contributed by atoms with Crippen LogP contribution in [0.2, 0.25) is 0 Å². The smallest absolute Gasteiger partial charge is 0.184 e. The molecule has 0 saturated carbocycles. The highest BCUT2D eigenvalue weighted by molar-refractivity contribution is 5.95. The molecule has 0 fully saturated rings. The number of fused-ring (bicyclic) bond motifs is 1. The molecule has 0 atom stereocenters. The van der Waals surface area contributed by atoms with Crippen LogP contribution in [0.3, 0.4) is 0 Å². The number of aromatic amines is 1. The molecule has 2 rings (SSSR count). The number of hydrogen-bond acceptors (Lipinski definition) is 2. The first kappa shape index (κ1) is 8.64. The van der Waals surface area contributed by atoms with Crippen molar-refractivity contribution in [3.05, 3.63) is 30.0 Å². The van der Waals surface area contributed by atoms with Gasteiger partial charge in [0.2, 0.25) is 0 Å². The molecule has 0 radical (unpaired) electrons. The molecule has 0 unspecified atom stereocenters. The Labute approximate surface area is 82.6 Å². The second-order valence-electron chi connectivity index (χ2n) is 3.30. The number of benzene rings is 1. The number of nitrogens with zero attached hydrogens (tertiary/aromatic N) is 2. The zero-order valence-corrected chi connectivity index (χ0v) is 8.20. The lowest BCUT2D eigenvalue weighted by Gasteiger charge is -2.08. The maximum atomic E-state index is 8.85. The second kappa shape index (κ2) is 3.08. The molecule has 1 aromatic carbocycles. The van der Waals surface area contributed by atoms with Crippen molar-refractivity contribution in [3.8, 4) is 6.19 Å². The molecule has 0 amide bonds. The van der Waals surface area contributed by atoms with E-state index in [0.29, 0.717) is 0 Å². The lowest BCUT2D eigenvalue weighted by molar-refractivity contribution is 1.17. The minimum atomic E-state index is 0.961. The Bertz CT molecular complexity index is 505. The number of nitriles is 1. The lowest BCUT2D eigenvalue weighted by atomic mass is 10.2. The van der Waals surface area contributed by atoms with Gasteiger partial charge in [0, 0.05) is 23.6 Å². The minimum Gasteiger partial charge on any atom is -0.357 e. The summed E-state index contributed by atoms with van der Waals surface area (Å²) < 4.78 is 0. The fraction of sp³-hybridized carbons (Fsp3) is 0.182. The number of hydrogen-bond donors (Lipinski definition) is 1. The second-order valence-corrected chi connectivity index (χ2v) is 3.30. The quantitative estimate of drug-likeness (QED) is 0.547. The zero-order chi connectivity index (χ0) is 10.1. The van der Waals surface area contributed by atoms with Gasteiger partial charge in [0.05, 0.1) is 5.69 Å². The predicted octanol–water partition coefficient (Wildman–Crippen LogP) is 2.39. The van der Waals surface area contributed by atoms with Crippen molar-refractivity contribution in [2.45, 2.75) is 6.92 Å². The van der Waals surface area contributed by atoms with Gasteiger partial charge < -0.3 is 4.98 Å². The molecule has 14 heavy (non-hydrogen) atoms. The van der Waals surface area contributed by atoms with E-state index in [4.69, 9.17) is 5.26 Å². The Morgan fingerprint density at radius 3 is 2.79 bits per heavy atom. The Morgan fingerprint density at radius 1 is 1.36 bits per heavy atom. The van der Waals surface area contributed by atoms with Crippen LogP contribution in [0.1, 0.15) is 5.69 Å². The molecule has 0 aliphatic carbocycles. The number of anilines is 1. The normalized spacial score (nSPS) is 10.1. The maximum Gasteiger partial charge on any atom is 0.184 e. The van der Waals surface area contributed by atoms with Crippen LogP contribution in [0.4, 0.5) is 5.69 Å². The van der Waals surface area contributed by atoms with Crippen molar-refractivity contribution in [1.29, 1.82) is 5.26 Å². The lowest BCUT2D eigenvalue weighted by Crippen LogP contribution is -2.08. The average Bonchev–Trinajstić information content (AvgIpc) is 2.53. The van der Waals surface area contributed by atoms with E-state index in [0.717, 1.165) is 22.3 Å². The SMILES string of the molecule is Cc1[nH]c2ccccc2c1N(C)C#N. The van der Waals surface area contributed by atoms with Crippen molar-refractivity contribution >= 4 is 16.6 Å². The van der Waals surface area contributed by atoms with Crippen LogP contribution in [-0.4, -0.2) is 12.0 Å². The summed E-state index contributed by atoms with van der Waals surface area (Å²) in [5, 5.41) is 9.94. The molecule has 2 aromatic rings. The number of aromatic nitrogens is 1. The first-order chi connectivity index (χ1) is 6.74.